The van der Waals surface area contributed by atoms with E-state index >= 15 is 0 Å². The van der Waals surface area contributed by atoms with Crippen LogP contribution in [0.2, 0.25) is 0 Å². The van der Waals surface area contributed by atoms with Crippen molar-refractivity contribution in [2.75, 3.05) is 5.75 Å². The molecule has 0 aliphatic carbocycles. The van der Waals surface area contributed by atoms with Gasteiger partial charge in [-0.15, -0.1) is 0 Å². The highest BCUT2D eigenvalue weighted by Gasteiger charge is 2.36. The lowest BCUT2D eigenvalue weighted by molar-refractivity contribution is 0.0672. The van der Waals surface area contributed by atoms with Crippen LogP contribution in [0.4, 0.5) is 0 Å². The first-order valence-electron chi connectivity index (χ1n) is 4.07. The van der Waals surface area contributed by atoms with Gasteiger partial charge in [0.1, 0.15) is 0 Å². The molecule has 2 atom stereocenters. The fraction of sp³-hybridized carbons (Fsp3) is 0.778. The number of aliphatic hydroxyl groups is 1. The lowest BCUT2D eigenvalue weighted by Gasteiger charge is -2.38. The van der Waals surface area contributed by atoms with Gasteiger partial charge in [-0.25, -0.2) is 0 Å². The zero-order valence-electron chi connectivity index (χ0n) is 7.26. The summed E-state index contributed by atoms with van der Waals surface area (Å²) < 4.78 is 0. The maximum Gasteiger partial charge on any atom is 0.0967 e. The molecule has 0 spiro atoms. The second-order valence-corrected chi connectivity index (χ2v) is 4.77. The first-order chi connectivity index (χ1) is 5.07. The molecule has 2 unspecified atom stereocenters. The van der Waals surface area contributed by atoms with Crippen LogP contribution >= 0.6 is 11.8 Å². The Labute approximate surface area is 72.9 Å². The molecule has 1 nitrogen and oxygen atoms in total. The van der Waals surface area contributed by atoms with Crippen LogP contribution in [0.25, 0.3) is 0 Å². The van der Waals surface area contributed by atoms with E-state index in [0.29, 0.717) is 5.25 Å². The average molecular weight is 172 g/mol. The van der Waals surface area contributed by atoms with Crippen LogP contribution < -0.4 is 0 Å². The Morgan fingerprint density at radius 2 is 2.36 bits per heavy atom. The van der Waals surface area contributed by atoms with Crippen molar-refractivity contribution in [1.29, 1.82) is 0 Å². The van der Waals surface area contributed by atoms with Crippen molar-refractivity contribution in [3.05, 3.63) is 12.2 Å². The predicted octanol–water partition coefficient (Wildman–Crippen LogP) is 2.21. The van der Waals surface area contributed by atoms with E-state index in [-0.39, 0.29) is 0 Å². The van der Waals surface area contributed by atoms with Crippen LogP contribution in [-0.2, 0) is 0 Å². The summed E-state index contributed by atoms with van der Waals surface area (Å²) in [4.78, 5) is 0. The van der Waals surface area contributed by atoms with E-state index in [9.17, 15) is 5.11 Å². The van der Waals surface area contributed by atoms with Crippen LogP contribution in [0.3, 0.4) is 0 Å². The number of hydrogen-bond acceptors (Lipinski definition) is 2. The highest BCUT2D eigenvalue weighted by atomic mass is 32.2. The molecule has 2 heteroatoms. The Kier molecular flexibility index (Phi) is 2.66. The fourth-order valence-electron chi connectivity index (χ4n) is 1.50. The summed E-state index contributed by atoms with van der Waals surface area (Å²) in [6, 6.07) is 0. The first-order valence-corrected chi connectivity index (χ1v) is 5.12. The van der Waals surface area contributed by atoms with Gasteiger partial charge in [0.2, 0.25) is 0 Å². The third-order valence-corrected chi connectivity index (χ3v) is 3.90. The van der Waals surface area contributed by atoms with E-state index in [4.69, 9.17) is 0 Å². The van der Waals surface area contributed by atoms with Crippen LogP contribution in [0.15, 0.2) is 12.2 Å². The quantitative estimate of drug-likeness (QED) is 0.612. The highest BCUT2D eigenvalue weighted by molar-refractivity contribution is 8.00. The van der Waals surface area contributed by atoms with Gasteiger partial charge in [0.15, 0.2) is 0 Å². The van der Waals surface area contributed by atoms with Crippen molar-refractivity contribution in [2.24, 2.45) is 0 Å². The maximum absolute atomic E-state index is 10.1. The number of thioether (sulfide) groups is 1. The molecule has 11 heavy (non-hydrogen) atoms. The smallest absolute Gasteiger partial charge is 0.0967 e. The average Bonchev–Trinajstić information content (AvgIpc) is 1.95. The summed E-state index contributed by atoms with van der Waals surface area (Å²) in [7, 11) is 0. The summed E-state index contributed by atoms with van der Waals surface area (Å²) in [6.07, 6.45) is 1.99. The van der Waals surface area contributed by atoms with E-state index in [1.54, 1.807) is 0 Å². The SMILES string of the molecule is C=C(C)C1(O)CCCSC1C. The molecule has 1 aliphatic heterocycles. The first kappa shape index (κ1) is 9.14. The summed E-state index contributed by atoms with van der Waals surface area (Å²) in [5.41, 5.74) is 0.320. The summed E-state index contributed by atoms with van der Waals surface area (Å²) in [6.45, 7) is 7.84. The predicted molar refractivity (Wildman–Crippen MR) is 50.9 cm³/mol. The molecule has 0 bridgehead atoms. The van der Waals surface area contributed by atoms with E-state index in [1.807, 2.05) is 18.7 Å². The molecule has 0 radical (unpaired) electrons. The Morgan fingerprint density at radius 1 is 1.73 bits per heavy atom. The largest absolute Gasteiger partial charge is 0.384 e. The van der Waals surface area contributed by atoms with Gasteiger partial charge in [-0.3, -0.25) is 0 Å². The number of rotatable bonds is 1. The Hall–Kier alpha value is 0.0500. The highest BCUT2D eigenvalue weighted by Crippen LogP contribution is 2.37. The van der Waals surface area contributed by atoms with E-state index in [0.717, 1.165) is 18.4 Å². The minimum Gasteiger partial charge on any atom is -0.384 e. The van der Waals surface area contributed by atoms with Gasteiger partial charge in [-0.05, 0) is 31.1 Å². The van der Waals surface area contributed by atoms with Crippen LogP contribution in [-0.4, -0.2) is 21.7 Å². The van der Waals surface area contributed by atoms with Crippen LogP contribution in [0.1, 0.15) is 26.7 Å². The lowest BCUT2D eigenvalue weighted by atomic mass is 9.87. The molecule has 1 N–H and O–H groups in total. The van der Waals surface area contributed by atoms with E-state index < -0.39 is 5.60 Å². The van der Waals surface area contributed by atoms with Crippen LogP contribution in [0, 0.1) is 0 Å². The topological polar surface area (TPSA) is 20.2 Å². The Bertz CT molecular complexity index is 167. The molecule has 1 fully saturated rings. The van der Waals surface area contributed by atoms with E-state index in [1.165, 1.54) is 5.75 Å². The molecule has 1 heterocycles. The third-order valence-electron chi connectivity index (χ3n) is 2.48. The second-order valence-electron chi connectivity index (χ2n) is 3.32. The maximum atomic E-state index is 10.1. The van der Waals surface area contributed by atoms with Gasteiger partial charge in [-0.1, -0.05) is 13.5 Å². The van der Waals surface area contributed by atoms with Gasteiger partial charge in [-0.2, -0.15) is 11.8 Å². The van der Waals surface area contributed by atoms with Gasteiger partial charge in [0.25, 0.3) is 0 Å². The minimum absolute atomic E-state index is 0.314. The standard InChI is InChI=1S/C9H16OS/c1-7(2)9(10)5-4-6-11-8(9)3/h8,10H,1,4-6H2,2-3H3. The van der Waals surface area contributed by atoms with Gasteiger partial charge in [0, 0.05) is 5.25 Å². The zero-order chi connectivity index (χ0) is 8.48. The Balaban J connectivity index is 2.72. The van der Waals surface area contributed by atoms with Crippen molar-refractivity contribution in [3.63, 3.8) is 0 Å². The van der Waals surface area contributed by atoms with Crippen molar-refractivity contribution < 1.29 is 5.11 Å². The molecular formula is C9H16OS. The molecule has 0 amide bonds. The second kappa shape index (κ2) is 3.20. The summed E-state index contributed by atoms with van der Waals surface area (Å²) >= 11 is 1.84. The van der Waals surface area contributed by atoms with Crippen molar-refractivity contribution in [2.45, 2.75) is 37.5 Å². The Morgan fingerprint density at radius 3 is 2.73 bits per heavy atom. The molecule has 1 aliphatic rings. The molecule has 1 rings (SSSR count). The molecular weight excluding hydrogens is 156 g/mol. The fourth-order valence-corrected chi connectivity index (χ4v) is 2.76. The molecule has 0 aromatic carbocycles. The third kappa shape index (κ3) is 1.62. The molecule has 0 aromatic rings. The number of hydrogen-bond donors (Lipinski definition) is 1. The summed E-state index contributed by atoms with van der Waals surface area (Å²) in [5.74, 6) is 1.18. The van der Waals surface area contributed by atoms with Gasteiger partial charge < -0.3 is 5.11 Å². The monoisotopic (exact) mass is 172 g/mol. The summed E-state index contributed by atoms with van der Waals surface area (Å²) in [5, 5.41) is 10.4. The van der Waals surface area contributed by atoms with Gasteiger partial charge >= 0.3 is 0 Å². The minimum atomic E-state index is -0.594. The molecule has 0 saturated carbocycles. The molecule has 64 valence electrons. The molecule has 0 aromatic heterocycles. The van der Waals surface area contributed by atoms with Crippen LogP contribution in [0.5, 0.6) is 0 Å². The van der Waals surface area contributed by atoms with Gasteiger partial charge in [0.05, 0.1) is 5.60 Å². The lowest BCUT2D eigenvalue weighted by Crippen LogP contribution is -2.42. The van der Waals surface area contributed by atoms with Crippen molar-refractivity contribution in [1.82, 2.24) is 0 Å². The normalized spacial score (nSPS) is 38.6. The van der Waals surface area contributed by atoms with Crippen molar-refractivity contribution in [3.8, 4) is 0 Å². The zero-order valence-corrected chi connectivity index (χ0v) is 8.08. The van der Waals surface area contributed by atoms with Crippen molar-refractivity contribution >= 4 is 11.8 Å². The van der Waals surface area contributed by atoms with E-state index in [2.05, 4.69) is 13.5 Å². The molecule has 1 saturated heterocycles.